The van der Waals surface area contributed by atoms with Gasteiger partial charge in [0.25, 0.3) is 0 Å². The predicted molar refractivity (Wildman–Crippen MR) is 82.7 cm³/mol. The van der Waals surface area contributed by atoms with Crippen LogP contribution in [0, 0.1) is 0 Å². The minimum atomic E-state index is -3.03. The number of benzene rings is 2. The Morgan fingerprint density at radius 3 is 2.43 bits per heavy atom. The minimum absolute atomic E-state index is 0.0547. The number of ether oxygens (including phenoxy) is 1. The molecule has 0 spiro atoms. The van der Waals surface area contributed by atoms with Gasteiger partial charge in [0.2, 0.25) is 0 Å². The van der Waals surface area contributed by atoms with Crippen molar-refractivity contribution >= 4 is 15.9 Å². The Bertz CT molecular complexity index is 590. The molecule has 0 aliphatic rings. The molecule has 2 aromatic rings. The second-order valence-electron chi connectivity index (χ2n) is 4.66. The van der Waals surface area contributed by atoms with Crippen LogP contribution < -0.4 is 10.5 Å². The quantitative estimate of drug-likeness (QED) is 0.845. The van der Waals surface area contributed by atoms with Gasteiger partial charge in [-0.3, -0.25) is 0 Å². The van der Waals surface area contributed by atoms with E-state index in [-0.39, 0.29) is 5.56 Å². The highest BCUT2D eigenvalue weighted by molar-refractivity contribution is 9.10. The first kappa shape index (κ1) is 15.9. The van der Waals surface area contributed by atoms with Gasteiger partial charge in [0, 0.05) is 5.56 Å². The van der Waals surface area contributed by atoms with Gasteiger partial charge in [-0.15, -0.1) is 0 Å². The van der Waals surface area contributed by atoms with E-state index in [1.54, 1.807) is 24.3 Å². The maximum Gasteiger partial charge on any atom is 0.306 e. The summed E-state index contributed by atoms with van der Waals surface area (Å²) >= 11 is 3.33. The van der Waals surface area contributed by atoms with Gasteiger partial charge in [0.1, 0.15) is 5.75 Å². The van der Waals surface area contributed by atoms with Crippen LogP contribution in [-0.4, -0.2) is 13.2 Å². The van der Waals surface area contributed by atoms with E-state index >= 15 is 0 Å². The normalized spacial score (nSPS) is 11.4. The Hall–Kier alpha value is -1.46. The van der Waals surface area contributed by atoms with Crippen LogP contribution in [0.3, 0.4) is 0 Å². The van der Waals surface area contributed by atoms with E-state index in [0.29, 0.717) is 16.8 Å². The molecule has 2 rings (SSSR count). The van der Waals surface area contributed by atoms with Crippen LogP contribution >= 0.6 is 15.9 Å². The minimum Gasteiger partial charge on any atom is -0.486 e. The summed E-state index contributed by atoms with van der Waals surface area (Å²) in [5.74, 6) is -2.64. The van der Waals surface area contributed by atoms with Crippen molar-refractivity contribution in [2.75, 3.05) is 13.2 Å². The van der Waals surface area contributed by atoms with Gasteiger partial charge >= 0.3 is 5.92 Å². The number of halogens is 3. The zero-order valence-electron chi connectivity index (χ0n) is 11.4. The van der Waals surface area contributed by atoms with E-state index in [9.17, 15) is 8.78 Å². The van der Waals surface area contributed by atoms with E-state index in [4.69, 9.17) is 10.5 Å². The van der Waals surface area contributed by atoms with Crippen LogP contribution in [0.1, 0.15) is 11.1 Å². The van der Waals surface area contributed by atoms with E-state index in [1.165, 1.54) is 12.1 Å². The summed E-state index contributed by atoms with van der Waals surface area (Å²) in [7, 11) is 0. The fourth-order valence-electron chi connectivity index (χ4n) is 1.92. The number of rotatable bonds is 6. The molecule has 0 amide bonds. The highest BCUT2D eigenvalue weighted by Crippen LogP contribution is 2.31. The van der Waals surface area contributed by atoms with E-state index < -0.39 is 12.5 Å². The SMILES string of the molecule is NCCc1ccc(OCC(F)(F)c2ccccc2)c(Br)c1. The first-order chi connectivity index (χ1) is 10.0. The Kier molecular flexibility index (Phi) is 5.31. The largest absolute Gasteiger partial charge is 0.486 e. The third-order valence-electron chi connectivity index (χ3n) is 3.03. The monoisotopic (exact) mass is 355 g/mol. The molecular weight excluding hydrogens is 340 g/mol. The molecule has 0 aliphatic heterocycles. The summed E-state index contributed by atoms with van der Waals surface area (Å²) in [5, 5.41) is 0. The Balaban J connectivity index is 2.06. The van der Waals surface area contributed by atoms with Gasteiger partial charge in [0.05, 0.1) is 4.47 Å². The Morgan fingerprint density at radius 2 is 1.81 bits per heavy atom. The fraction of sp³-hybridized carbons (Fsp3) is 0.250. The molecule has 2 N–H and O–H groups in total. The zero-order valence-corrected chi connectivity index (χ0v) is 12.9. The Labute approximate surface area is 131 Å². The molecule has 0 unspecified atom stereocenters. The Morgan fingerprint density at radius 1 is 1.10 bits per heavy atom. The van der Waals surface area contributed by atoms with Crippen LogP contribution in [-0.2, 0) is 12.3 Å². The van der Waals surface area contributed by atoms with Gasteiger partial charge < -0.3 is 10.5 Å². The molecule has 0 aliphatic carbocycles. The van der Waals surface area contributed by atoms with Gasteiger partial charge in [-0.1, -0.05) is 36.4 Å². The summed E-state index contributed by atoms with van der Waals surface area (Å²) in [6.07, 6.45) is 0.735. The lowest BCUT2D eigenvalue weighted by Gasteiger charge is -2.18. The standard InChI is InChI=1S/C16H16BrF2NO/c17-14-10-12(8-9-20)6-7-15(14)21-11-16(18,19)13-4-2-1-3-5-13/h1-7,10H,8-9,11,20H2. The van der Waals surface area contributed by atoms with Crippen molar-refractivity contribution < 1.29 is 13.5 Å². The van der Waals surface area contributed by atoms with Crippen molar-refractivity contribution in [2.45, 2.75) is 12.3 Å². The average molecular weight is 356 g/mol. The highest BCUT2D eigenvalue weighted by atomic mass is 79.9. The highest BCUT2D eigenvalue weighted by Gasteiger charge is 2.32. The van der Waals surface area contributed by atoms with Gasteiger partial charge in [-0.05, 0) is 46.6 Å². The molecule has 21 heavy (non-hydrogen) atoms. The maximum absolute atomic E-state index is 14.0. The molecule has 0 fully saturated rings. The van der Waals surface area contributed by atoms with Crippen LogP contribution in [0.15, 0.2) is 53.0 Å². The van der Waals surface area contributed by atoms with Gasteiger partial charge in [0.15, 0.2) is 6.61 Å². The lowest BCUT2D eigenvalue weighted by Crippen LogP contribution is -2.23. The average Bonchev–Trinajstić information content (AvgIpc) is 2.48. The van der Waals surface area contributed by atoms with E-state index in [1.807, 2.05) is 12.1 Å². The second kappa shape index (κ2) is 7.00. The third kappa shape index (κ3) is 4.25. The summed E-state index contributed by atoms with van der Waals surface area (Å²) in [5.41, 5.74) is 6.46. The summed E-state index contributed by atoms with van der Waals surface area (Å²) in [4.78, 5) is 0. The molecule has 0 saturated heterocycles. The molecule has 0 atom stereocenters. The summed E-state index contributed by atoms with van der Waals surface area (Å²) in [6.45, 7) is -0.162. The second-order valence-corrected chi connectivity index (χ2v) is 5.52. The molecule has 0 heterocycles. The summed E-state index contributed by atoms with van der Waals surface area (Å²) < 4.78 is 33.9. The molecule has 0 aromatic heterocycles. The molecule has 0 saturated carbocycles. The van der Waals surface area contributed by atoms with E-state index in [0.717, 1.165) is 12.0 Å². The molecule has 0 radical (unpaired) electrons. The molecule has 2 nitrogen and oxygen atoms in total. The van der Waals surface area contributed by atoms with Crippen LogP contribution in [0.25, 0.3) is 0 Å². The van der Waals surface area contributed by atoms with Crippen LogP contribution in [0.4, 0.5) is 8.78 Å². The van der Waals surface area contributed by atoms with Gasteiger partial charge in [-0.2, -0.15) is 8.78 Å². The molecule has 112 valence electrons. The lowest BCUT2D eigenvalue weighted by molar-refractivity contribution is -0.0469. The fourth-order valence-corrected chi connectivity index (χ4v) is 2.46. The van der Waals surface area contributed by atoms with Crippen LogP contribution in [0.5, 0.6) is 5.75 Å². The number of hydrogen-bond acceptors (Lipinski definition) is 2. The van der Waals surface area contributed by atoms with E-state index in [2.05, 4.69) is 15.9 Å². The van der Waals surface area contributed by atoms with Crippen molar-refractivity contribution in [3.8, 4) is 5.75 Å². The molecular formula is C16H16BrF2NO. The first-order valence-electron chi connectivity index (χ1n) is 6.57. The zero-order chi connectivity index (χ0) is 15.3. The number of hydrogen-bond donors (Lipinski definition) is 1. The molecule has 2 aromatic carbocycles. The first-order valence-corrected chi connectivity index (χ1v) is 7.37. The van der Waals surface area contributed by atoms with Crippen molar-refractivity contribution in [2.24, 2.45) is 5.73 Å². The topological polar surface area (TPSA) is 35.2 Å². The molecule has 0 bridgehead atoms. The number of alkyl halides is 2. The summed E-state index contributed by atoms with van der Waals surface area (Å²) in [6, 6.07) is 13.0. The van der Waals surface area contributed by atoms with Crippen molar-refractivity contribution in [3.05, 3.63) is 64.1 Å². The van der Waals surface area contributed by atoms with Crippen molar-refractivity contribution in [1.82, 2.24) is 0 Å². The predicted octanol–water partition coefficient (Wildman–Crippen LogP) is 4.12. The smallest absolute Gasteiger partial charge is 0.306 e. The van der Waals surface area contributed by atoms with Gasteiger partial charge in [-0.25, -0.2) is 0 Å². The van der Waals surface area contributed by atoms with Crippen molar-refractivity contribution in [1.29, 1.82) is 0 Å². The maximum atomic E-state index is 14.0. The van der Waals surface area contributed by atoms with Crippen molar-refractivity contribution in [3.63, 3.8) is 0 Å². The van der Waals surface area contributed by atoms with Crippen LogP contribution in [0.2, 0.25) is 0 Å². The molecule has 5 heteroatoms. The lowest BCUT2D eigenvalue weighted by atomic mass is 10.1. The third-order valence-corrected chi connectivity index (χ3v) is 3.65. The number of nitrogens with two attached hydrogens (primary N) is 1.